The van der Waals surface area contributed by atoms with Crippen molar-refractivity contribution in [1.29, 1.82) is 0 Å². The molecule has 260 valence electrons. The topological polar surface area (TPSA) is 44.9 Å². The minimum Gasteiger partial charge on any atom is -0.457 e. The van der Waals surface area contributed by atoms with E-state index in [-0.39, 0.29) is 0 Å². The molecule has 0 spiro atoms. The summed E-state index contributed by atoms with van der Waals surface area (Å²) >= 11 is 0. The maximum atomic E-state index is 6.77. The molecule has 0 saturated carbocycles. The van der Waals surface area contributed by atoms with Gasteiger partial charge in [-0.3, -0.25) is 4.57 Å². The van der Waals surface area contributed by atoms with Gasteiger partial charge >= 0.3 is 0 Å². The number of hydrogen-bond acceptors (Lipinski definition) is 3. The monoisotopic (exact) mass is 674 g/mol. The van der Waals surface area contributed by atoms with Crippen LogP contribution in [0.3, 0.4) is 0 Å². The van der Waals surface area contributed by atoms with Crippen LogP contribution in [0, 0.1) is 19.8 Å². The summed E-state index contributed by atoms with van der Waals surface area (Å²) in [5.74, 6) is 3.48. The summed E-state index contributed by atoms with van der Waals surface area (Å²) in [6.45, 7) is 17.8. The number of para-hydroxylation sites is 1. The lowest BCUT2D eigenvalue weighted by atomic mass is 9.91. The van der Waals surface area contributed by atoms with Crippen molar-refractivity contribution in [2.24, 2.45) is 5.92 Å². The number of ether oxygens (including phenoxy) is 1. The number of nitrogens with zero attached hydrogens (tertiary/aromatic N) is 4. The highest BCUT2D eigenvalue weighted by Crippen LogP contribution is 2.38. The summed E-state index contributed by atoms with van der Waals surface area (Å²) < 4.78 is 11.2. The van der Waals surface area contributed by atoms with E-state index in [1.165, 1.54) is 44.2 Å². The molecule has 0 amide bonds. The molecule has 0 N–H and O–H groups in total. The van der Waals surface area contributed by atoms with E-state index in [1.807, 2.05) is 6.20 Å². The smallest absolute Gasteiger partial charge is 0.137 e. The summed E-state index contributed by atoms with van der Waals surface area (Å²) in [4.78, 5) is 4.87. The second-order valence-corrected chi connectivity index (χ2v) is 14.6. The third kappa shape index (κ3) is 6.58. The van der Waals surface area contributed by atoms with Crippen LogP contribution in [-0.2, 0) is 19.3 Å². The Bertz CT molecular complexity index is 2330. The first-order valence-electron chi connectivity index (χ1n) is 18.7. The van der Waals surface area contributed by atoms with E-state index in [9.17, 15) is 0 Å². The second-order valence-electron chi connectivity index (χ2n) is 14.6. The van der Waals surface area contributed by atoms with Gasteiger partial charge in [0.15, 0.2) is 0 Å². The summed E-state index contributed by atoms with van der Waals surface area (Å²) in [5, 5.41) is 7.53. The van der Waals surface area contributed by atoms with Crippen LogP contribution in [0.5, 0.6) is 11.5 Å². The maximum Gasteiger partial charge on any atom is 0.137 e. The molecule has 0 saturated heterocycles. The van der Waals surface area contributed by atoms with Gasteiger partial charge in [-0.15, -0.1) is 0 Å². The molecule has 0 unspecified atom stereocenters. The van der Waals surface area contributed by atoms with Crippen molar-refractivity contribution in [1.82, 2.24) is 19.3 Å². The van der Waals surface area contributed by atoms with Gasteiger partial charge < -0.3 is 4.74 Å². The van der Waals surface area contributed by atoms with Crippen LogP contribution >= 0.6 is 0 Å². The van der Waals surface area contributed by atoms with Gasteiger partial charge in [-0.2, -0.15) is 5.10 Å². The van der Waals surface area contributed by atoms with Crippen LogP contribution < -0.4 is 4.74 Å². The molecule has 5 heteroatoms. The molecule has 7 aromatic rings. The molecule has 3 aromatic heterocycles. The molecular formula is C46H50N4O. The van der Waals surface area contributed by atoms with Crippen molar-refractivity contribution >= 4 is 21.8 Å². The van der Waals surface area contributed by atoms with Crippen molar-refractivity contribution in [2.75, 3.05) is 0 Å². The van der Waals surface area contributed by atoms with Gasteiger partial charge in [0.25, 0.3) is 0 Å². The maximum absolute atomic E-state index is 6.77. The molecule has 0 atom stereocenters. The Labute approximate surface area is 302 Å². The van der Waals surface area contributed by atoms with Crippen molar-refractivity contribution in [3.05, 3.63) is 131 Å². The molecule has 0 radical (unpaired) electrons. The molecule has 0 aliphatic heterocycles. The number of fused-ring (bicyclic) bond motifs is 3. The molecule has 5 nitrogen and oxygen atoms in total. The van der Waals surface area contributed by atoms with Crippen LogP contribution in [0.2, 0.25) is 0 Å². The Balaban J connectivity index is 1.32. The van der Waals surface area contributed by atoms with Crippen LogP contribution in [0.1, 0.15) is 87.5 Å². The van der Waals surface area contributed by atoms with Gasteiger partial charge in [0, 0.05) is 40.4 Å². The first kappa shape index (κ1) is 34.3. The number of pyridine rings is 1. The number of hydrogen-bond donors (Lipinski definition) is 0. The number of rotatable bonds is 11. The Hall–Kier alpha value is -5.16. The van der Waals surface area contributed by atoms with E-state index in [2.05, 4.69) is 156 Å². The number of aryl methyl sites for hydroxylation is 4. The average Bonchev–Trinajstić information content (AvgIpc) is 3.62. The second kappa shape index (κ2) is 14.2. The van der Waals surface area contributed by atoms with Gasteiger partial charge in [0.2, 0.25) is 0 Å². The van der Waals surface area contributed by atoms with Gasteiger partial charge in [-0.05, 0) is 122 Å². The van der Waals surface area contributed by atoms with Gasteiger partial charge in [0.05, 0.1) is 22.4 Å². The van der Waals surface area contributed by atoms with Gasteiger partial charge in [-0.25, -0.2) is 9.67 Å². The lowest BCUT2D eigenvalue weighted by Gasteiger charge is -2.16. The van der Waals surface area contributed by atoms with Crippen LogP contribution in [0.25, 0.3) is 44.4 Å². The molecule has 3 heterocycles. The third-order valence-electron chi connectivity index (χ3n) is 10.3. The highest BCUT2D eigenvalue weighted by molar-refractivity contribution is 6.09. The predicted molar refractivity (Wildman–Crippen MR) is 213 cm³/mol. The normalized spacial score (nSPS) is 11.8. The standard InChI is InChI=1S/C46H50N4O/c1-9-34-14-13-15-35(10-2)46(34)45-31(7)48-50(32(45)8)37-25-36(30(5)6)26-39(27-37)51-38-20-21-41-40-16-11-12-17-42(40)49(43(41)28-38)44-24-33(22-23-47-44)19-18-29(3)4/h11-17,20-30H,9-10,18-19H2,1-8H3. The quantitative estimate of drug-likeness (QED) is 0.137. The molecule has 0 aliphatic carbocycles. The van der Waals surface area contributed by atoms with Crippen LogP contribution in [0.15, 0.2) is 97.2 Å². The summed E-state index contributed by atoms with van der Waals surface area (Å²) in [6.07, 6.45) is 6.10. The zero-order valence-corrected chi connectivity index (χ0v) is 31.4. The first-order valence-corrected chi connectivity index (χ1v) is 18.7. The van der Waals surface area contributed by atoms with Crippen molar-refractivity contribution in [3.8, 4) is 34.1 Å². The minimum atomic E-state index is 0.315. The van der Waals surface area contributed by atoms with E-state index in [4.69, 9.17) is 14.8 Å². The molecule has 0 bridgehead atoms. The zero-order valence-electron chi connectivity index (χ0n) is 31.4. The lowest BCUT2D eigenvalue weighted by molar-refractivity contribution is 0.481. The van der Waals surface area contributed by atoms with E-state index in [0.29, 0.717) is 11.8 Å². The lowest BCUT2D eigenvalue weighted by Crippen LogP contribution is -2.02. The van der Waals surface area contributed by atoms with E-state index in [1.54, 1.807) is 0 Å². The molecule has 0 aliphatic rings. The molecule has 7 rings (SSSR count). The van der Waals surface area contributed by atoms with Crippen molar-refractivity contribution < 1.29 is 4.74 Å². The first-order chi connectivity index (χ1) is 24.7. The highest BCUT2D eigenvalue weighted by atomic mass is 16.5. The Morgan fingerprint density at radius 2 is 1.45 bits per heavy atom. The Kier molecular flexibility index (Phi) is 9.56. The molecule has 0 fully saturated rings. The summed E-state index contributed by atoms with van der Waals surface area (Å²) in [7, 11) is 0. The van der Waals surface area contributed by atoms with Crippen molar-refractivity contribution in [3.63, 3.8) is 0 Å². The fraction of sp³-hybridized carbons (Fsp3) is 0.304. The molecule has 4 aromatic carbocycles. The average molecular weight is 675 g/mol. The van der Waals surface area contributed by atoms with Crippen molar-refractivity contribution in [2.45, 2.75) is 87.0 Å². The number of aromatic nitrogens is 4. The fourth-order valence-corrected chi connectivity index (χ4v) is 7.53. The Morgan fingerprint density at radius 3 is 2.18 bits per heavy atom. The van der Waals surface area contributed by atoms with E-state index >= 15 is 0 Å². The zero-order chi connectivity index (χ0) is 35.8. The SMILES string of the molecule is CCc1cccc(CC)c1-c1c(C)nn(-c2cc(Oc3ccc4c5ccccc5n(-c5cc(CCC(C)C)ccn5)c4c3)cc(C(C)C)c2)c1C. The van der Waals surface area contributed by atoms with Gasteiger partial charge in [0.1, 0.15) is 17.3 Å². The van der Waals surface area contributed by atoms with Gasteiger partial charge in [-0.1, -0.05) is 77.9 Å². The molecule has 51 heavy (non-hydrogen) atoms. The minimum absolute atomic E-state index is 0.315. The third-order valence-corrected chi connectivity index (χ3v) is 10.3. The number of benzene rings is 4. The fourth-order valence-electron chi connectivity index (χ4n) is 7.53. The van der Waals surface area contributed by atoms with E-state index in [0.717, 1.165) is 71.1 Å². The predicted octanol–water partition coefficient (Wildman–Crippen LogP) is 12.3. The molecular weight excluding hydrogens is 625 g/mol. The largest absolute Gasteiger partial charge is 0.457 e. The summed E-state index contributed by atoms with van der Waals surface area (Å²) in [5.41, 5.74) is 13.2. The van der Waals surface area contributed by atoms with Crippen LogP contribution in [0.4, 0.5) is 0 Å². The highest BCUT2D eigenvalue weighted by Gasteiger charge is 2.21. The van der Waals surface area contributed by atoms with E-state index < -0.39 is 0 Å². The Morgan fingerprint density at radius 1 is 0.706 bits per heavy atom. The summed E-state index contributed by atoms with van der Waals surface area (Å²) in [6, 6.07) is 32.7. The van der Waals surface area contributed by atoms with Crippen LogP contribution in [-0.4, -0.2) is 19.3 Å².